The third-order valence-electron chi connectivity index (χ3n) is 4.74. The van der Waals surface area contributed by atoms with Crippen LogP contribution in [0.3, 0.4) is 0 Å². The zero-order chi connectivity index (χ0) is 17.7. The average molecular weight is 332 g/mol. The van der Waals surface area contributed by atoms with E-state index in [-0.39, 0.29) is 29.7 Å². The van der Waals surface area contributed by atoms with Crippen LogP contribution in [0.5, 0.6) is 0 Å². The largest absolute Gasteiger partial charge is 0.369 e. The molecular weight excluding hydrogens is 304 g/mol. The number of anilines is 1. The van der Waals surface area contributed by atoms with Gasteiger partial charge in [-0.25, -0.2) is 0 Å². The number of primary amides is 1. The van der Waals surface area contributed by atoms with E-state index in [1.54, 1.807) is 0 Å². The number of hydrogen-bond acceptors (Lipinski definition) is 4. The van der Waals surface area contributed by atoms with E-state index in [2.05, 4.69) is 10.2 Å². The third kappa shape index (κ3) is 5.04. The number of nitrogens with two attached hydrogens (primary N) is 2. The Morgan fingerprint density at radius 3 is 2.54 bits per heavy atom. The van der Waals surface area contributed by atoms with Crippen LogP contribution in [0, 0.1) is 11.8 Å². The van der Waals surface area contributed by atoms with Crippen LogP contribution in [0.1, 0.15) is 32.3 Å². The van der Waals surface area contributed by atoms with Gasteiger partial charge in [-0.05, 0) is 44.0 Å². The summed E-state index contributed by atoms with van der Waals surface area (Å²) < 4.78 is 0. The molecule has 132 valence electrons. The van der Waals surface area contributed by atoms with Crippen molar-refractivity contribution in [1.82, 2.24) is 4.90 Å². The molecule has 1 aromatic rings. The number of hydrogen-bond donors (Lipinski definition) is 3. The van der Waals surface area contributed by atoms with Gasteiger partial charge in [0.15, 0.2) is 0 Å². The number of rotatable bonds is 6. The molecule has 1 saturated heterocycles. The van der Waals surface area contributed by atoms with E-state index in [1.165, 1.54) is 0 Å². The molecule has 3 atom stereocenters. The van der Waals surface area contributed by atoms with Crippen molar-refractivity contribution in [3.8, 4) is 0 Å². The fourth-order valence-corrected chi connectivity index (χ4v) is 2.88. The zero-order valence-corrected chi connectivity index (χ0v) is 14.5. The van der Waals surface area contributed by atoms with E-state index in [0.29, 0.717) is 0 Å². The monoisotopic (exact) mass is 332 g/mol. The summed E-state index contributed by atoms with van der Waals surface area (Å²) >= 11 is 0. The van der Waals surface area contributed by atoms with Crippen LogP contribution in [0.25, 0.3) is 0 Å². The van der Waals surface area contributed by atoms with Crippen LogP contribution in [-0.4, -0.2) is 35.8 Å². The standard InChI is InChI=1S/C18H28N4O2/c1-12(13(2)19)18(24)21-16-7-5-14(6-8-16)10-22-9-3-4-15(11-22)17(20)23/h5-8,12-13,15H,3-4,9-11,19H2,1-2H3,(H2,20,23)(H,21,24). The lowest BCUT2D eigenvalue weighted by molar-refractivity contribution is -0.123. The summed E-state index contributed by atoms with van der Waals surface area (Å²) in [7, 11) is 0. The van der Waals surface area contributed by atoms with E-state index in [1.807, 2.05) is 38.1 Å². The second kappa shape index (κ2) is 8.26. The Labute approximate surface area is 143 Å². The van der Waals surface area contributed by atoms with Gasteiger partial charge in [-0.3, -0.25) is 14.5 Å². The Morgan fingerprint density at radius 1 is 1.29 bits per heavy atom. The first-order chi connectivity index (χ1) is 11.4. The lowest BCUT2D eigenvalue weighted by Gasteiger charge is -2.31. The number of likely N-dealkylation sites (tertiary alicyclic amines) is 1. The molecule has 1 aromatic carbocycles. The topological polar surface area (TPSA) is 101 Å². The second-order valence-electron chi connectivity index (χ2n) is 6.81. The van der Waals surface area contributed by atoms with Crippen molar-refractivity contribution in [2.75, 3.05) is 18.4 Å². The van der Waals surface area contributed by atoms with Crippen molar-refractivity contribution in [3.05, 3.63) is 29.8 Å². The Morgan fingerprint density at radius 2 is 1.96 bits per heavy atom. The minimum atomic E-state index is -0.233. The summed E-state index contributed by atoms with van der Waals surface area (Å²) in [5.74, 6) is -0.556. The van der Waals surface area contributed by atoms with Gasteiger partial charge >= 0.3 is 0 Å². The zero-order valence-electron chi connectivity index (χ0n) is 14.5. The molecule has 24 heavy (non-hydrogen) atoms. The van der Waals surface area contributed by atoms with Gasteiger partial charge < -0.3 is 16.8 Å². The molecular formula is C18H28N4O2. The van der Waals surface area contributed by atoms with E-state index in [4.69, 9.17) is 11.5 Å². The highest BCUT2D eigenvalue weighted by atomic mass is 16.2. The smallest absolute Gasteiger partial charge is 0.228 e. The van der Waals surface area contributed by atoms with Crippen LogP contribution in [-0.2, 0) is 16.1 Å². The predicted octanol–water partition coefficient (Wildman–Crippen LogP) is 1.31. The first kappa shape index (κ1) is 18.4. The quantitative estimate of drug-likeness (QED) is 0.731. The number of carbonyl (C=O) groups is 2. The summed E-state index contributed by atoms with van der Waals surface area (Å²) in [5, 5.41) is 2.88. The Hall–Kier alpha value is -1.92. The molecule has 0 bridgehead atoms. The molecule has 1 heterocycles. The number of piperidine rings is 1. The van der Waals surface area contributed by atoms with Crippen molar-refractivity contribution >= 4 is 17.5 Å². The number of carbonyl (C=O) groups excluding carboxylic acids is 2. The van der Waals surface area contributed by atoms with Crippen molar-refractivity contribution < 1.29 is 9.59 Å². The molecule has 6 heteroatoms. The van der Waals surface area contributed by atoms with E-state index in [0.717, 1.165) is 43.7 Å². The van der Waals surface area contributed by atoms with Crippen molar-refractivity contribution in [1.29, 1.82) is 0 Å². The second-order valence-corrected chi connectivity index (χ2v) is 6.81. The SMILES string of the molecule is CC(N)C(C)C(=O)Nc1ccc(CN2CCCC(C(N)=O)C2)cc1. The van der Waals surface area contributed by atoms with Gasteiger partial charge in [-0.2, -0.15) is 0 Å². The van der Waals surface area contributed by atoms with Gasteiger partial charge in [0.2, 0.25) is 11.8 Å². The van der Waals surface area contributed by atoms with Gasteiger partial charge in [-0.1, -0.05) is 19.1 Å². The molecule has 1 aliphatic rings. The Balaban J connectivity index is 1.90. The normalized spacial score (nSPS) is 21.0. The maximum Gasteiger partial charge on any atom is 0.228 e. The molecule has 0 aliphatic carbocycles. The number of benzene rings is 1. The fraction of sp³-hybridized carbons (Fsp3) is 0.556. The van der Waals surface area contributed by atoms with Gasteiger partial charge in [0, 0.05) is 24.8 Å². The highest BCUT2D eigenvalue weighted by molar-refractivity contribution is 5.92. The first-order valence-corrected chi connectivity index (χ1v) is 8.54. The molecule has 0 aromatic heterocycles. The summed E-state index contributed by atoms with van der Waals surface area (Å²) in [6.07, 6.45) is 1.88. The number of amides is 2. The van der Waals surface area contributed by atoms with Crippen LogP contribution < -0.4 is 16.8 Å². The molecule has 6 nitrogen and oxygen atoms in total. The molecule has 2 rings (SSSR count). The molecule has 0 saturated carbocycles. The van der Waals surface area contributed by atoms with Crippen LogP contribution in [0.15, 0.2) is 24.3 Å². The molecule has 3 unspecified atom stereocenters. The molecule has 2 amide bonds. The summed E-state index contributed by atoms with van der Waals surface area (Å²) in [4.78, 5) is 25.6. The van der Waals surface area contributed by atoms with Crippen LogP contribution >= 0.6 is 0 Å². The Bertz CT molecular complexity index is 571. The van der Waals surface area contributed by atoms with Gasteiger partial charge in [0.25, 0.3) is 0 Å². The van der Waals surface area contributed by atoms with E-state index < -0.39 is 0 Å². The van der Waals surface area contributed by atoms with Crippen molar-refractivity contribution in [2.24, 2.45) is 23.3 Å². The summed E-state index contributed by atoms with van der Waals surface area (Å²) in [5.41, 5.74) is 13.1. The summed E-state index contributed by atoms with van der Waals surface area (Å²) in [6, 6.07) is 7.62. The third-order valence-corrected chi connectivity index (χ3v) is 4.74. The molecule has 0 spiro atoms. The molecule has 1 fully saturated rings. The highest BCUT2D eigenvalue weighted by Crippen LogP contribution is 2.19. The maximum absolute atomic E-state index is 12.0. The summed E-state index contributed by atoms with van der Waals surface area (Å²) in [6.45, 7) is 6.13. The average Bonchev–Trinajstić information content (AvgIpc) is 2.56. The molecule has 5 N–H and O–H groups in total. The lowest BCUT2D eigenvalue weighted by Crippen LogP contribution is -2.40. The Kier molecular flexibility index (Phi) is 6.34. The van der Waals surface area contributed by atoms with E-state index >= 15 is 0 Å². The van der Waals surface area contributed by atoms with E-state index in [9.17, 15) is 9.59 Å². The maximum atomic E-state index is 12.0. The van der Waals surface area contributed by atoms with Gasteiger partial charge in [-0.15, -0.1) is 0 Å². The van der Waals surface area contributed by atoms with Crippen molar-refractivity contribution in [2.45, 2.75) is 39.3 Å². The van der Waals surface area contributed by atoms with Gasteiger partial charge in [0.05, 0.1) is 11.8 Å². The molecule has 1 aliphatic heterocycles. The lowest BCUT2D eigenvalue weighted by atomic mass is 9.97. The highest BCUT2D eigenvalue weighted by Gasteiger charge is 2.23. The minimum Gasteiger partial charge on any atom is -0.369 e. The fourth-order valence-electron chi connectivity index (χ4n) is 2.88. The minimum absolute atomic E-state index is 0.0444. The van der Waals surface area contributed by atoms with Crippen LogP contribution in [0.2, 0.25) is 0 Å². The predicted molar refractivity (Wildman–Crippen MR) is 95.1 cm³/mol. The van der Waals surface area contributed by atoms with Crippen molar-refractivity contribution in [3.63, 3.8) is 0 Å². The number of nitrogens with one attached hydrogen (secondary N) is 1. The number of nitrogens with zero attached hydrogens (tertiary/aromatic N) is 1. The van der Waals surface area contributed by atoms with Gasteiger partial charge in [0.1, 0.15) is 0 Å². The molecule has 0 radical (unpaired) electrons. The van der Waals surface area contributed by atoms with Crippen LogP contribution in [0.4, 0.5) is 5.69 Å². The first-order valence-electron chi connectivity index (χ1n) is 8.54.